The van der Waals surface area contributed by atoms with Crippen LogP contribution < -0.4 is 11.1 Å². The van der Waals surface area contributed by atoms with Crippen molar-refractivity contribution in [2.45, 2.75) is 50.7 Å². The molecule has 0 aliphatic heterocycles. The molecule has 2 amide bonds. The SMILES string of the molecule is Nc1ncc(NC(=O)C(=O)N(Cc2ccc(C(F)(F)F)cn2)[C@H]2CCC[C@@H]2OC(F)F)c2[nH]ncc12. The summed E-state index contributed by atoms with van der Waals surface area (Å²) in [5, 5.41) is 9.24. The van der Waals surface area contributed by atoms with Gasteiger partial charge in [0.1, 0.15) is 5.82 Å². The van der Waals surface area contributed by atoms with Gasteiger partial charge in [-0.05, 0) is 31.4 Å². The first-order valence-corrected chi connectivity index (χ1v) is 10.7. The molecule has 10 nitrogen and oxygen atoms in total. The molecule has 1 aliphatic carbocycles. The zero-order valence-corrected chi connectivity index (χ0v) is 18.4. The molecule has 3 aromatic rings. The van der Waals surface area contributed by atoms with Crippen LogP contribution in [0, 0.1) is 0 Å². The lowest BCUT2D eigenvalue weighted by molar-refractivity contribution is -0.178. The molecular formula is C21H20F5N7O3. The molecule has 1 saturated carbocycles. The lowest BCUT2D eigenvalue weighted by Crippen LogP contribution is -2.49. The lowest BCUT2D eigenvalue weighted by Gasteiger charge is -2.32. The summed E-state index contributed by atoms with van der Waals surface area (Å²) >= 11 is 0. The summed E-state index contributed by atoms with van der Waals surface area (Å²) in [4.78, 5) is 34.8. The second kappa shape index (κ2) is 10.0. The highest BCUT2D eigenvalue weighted by Gasteiger charge is 2.39. The van der Waals surface area contributed by atoms with E-state index in [2.05, 4.69) is 30.2 Å². The molecule has 0 radical (unpaired) electrons. The molecule has 3 heterocycles. The van der Waals surface area contributed by atoms with Gasteiger partial charge < -0.3 is 20.7 Å². The zero-order chi connectivity index (χ0) is 26.0. The van der Waals surface area contributed by atoms with Gasteiger partial charge in [-0.15, -0.1) is 0 Å². The minimum Gasteiger partial charge on any atom is -0.383 e. The number of halogens is 5. The number of carbonyl (C=O) groups is 2. The summed E-state index contributed by atoms with van der Waals surface area (Å²) in [5.74, 6) is -2.11. The molecule has 2 atom stereocenters. The van der Waals surface area contributed by atoms with Crippen molar-refractivity contribution < 1.29 is 36.3 Å². The van der Waals surface area contributed by atoms with Gasteiger partial charge in [0, 0.05) is 6.20 Å². The third-order valence-electron chi connectivity index (χ3n) is 5.80. The second-order valence-corrected chi connectivity index (χ2v) is 8.07. The van der Waals surface area contributed by atoms with Crippen molar-refractivity contribution in [3.8, 4) is 0 Å². The number of aromatic amines is 1. The average molecular weight is 513 g/mol. The topological polar surface area (TPSA) is 139 Å². The number of carbonyl (C=O) groups excluding carboxylic acids is 2. The number of ether oxygens (including phenoxy) is 1. The van der Waals surface area contributed by atoms with Crippen LogP contribution in [0.1, 0.15) is 30.5 Å². The fraction of sp³-hybridized carbons (Fsp3) is 0.381. The van der Waals surface area contributed by atoms with Gasteiger partial charge in [0.15, 0.2) is 0 Å². The number of anilines is 2. The highest BCUT2D eigenvalue weighted by molar-refractivity contribution is 6.40. The van der Waals surface area contributed by atoms with Gasteiger partial charge in [-0.3, -0.25) is 19.7 Å². The van der Waals surface area contributed by atoms with E-state index in [0.717, 1.165) is 17.0 Å². The Morgan fingerprint density at radius 2 is 1.97 bits per heavy atom. The standard InChI is InChI=1S/C21H20F5N7O3/c22-20(23)36-15-3-1-2-14(15)33(9-11-5-4-10(6-28-11)21(24,25)26)19(35)18(34)31-13-8-29-17(27)12-7-30-32-16(12)13/h4-8,14-15,20H,1-3,9H2,(H2,27,29)(H,30,32)(H,31,34)/t14-,15-/m0/s1. The van der Waals surface area contributed by atoms with E-state index in [0.29, 0.717) is 23.5 Å². The predicted molar refractivity (Wildman–Crippen MR) is 115 cm³/mol. The van der Waals surface area contributed by atoms with Crippen LogP contribution in [0.15, 0.2) is 30.7 Å². The Labute approximate surface area is 200 Å². The van der Waals surface area contributed by atoms with Crippen LogP contribution in [0.4, 0.5) is 33.5 Å². The molecule has 15 heteroatoms. The summed E-state index contributed by atoms with van der Waals surface area (Å²) in [6.07, 6.45) is -1.63. The maximum Gasteiger partial charge on any atom is 0.417 e. The molecule has 0 bridgehead atoms. The molecule has 4 N–H and O–H groups in total. The third kappa shape index (κ3) is 5.35. The Bertz CT molecular complexity index is 1250. The number of nitrogen functional groups attached to an aromatic ring is 1. The molecular weight excluding hydrogens is 493 g/mol. The molecule has 0 spiro atoms. The lowest BCUT2D eigenvalue weighted by atomic mass is 10.1. The van der Waals surface area contributed by atoms with E-state index in [1.54, 1.807) is 0 Å². The minimum atomic E-state index is -4.62. The molecule has 4 rings (SSSR count). The fourth-order valence-corrected chi connectivity index (χ4v) is 4.11. The summed E-state index contributed by atoms with van der Waals surface area (Å²) in [5.41, 5.74) is 5.18. The maximum atomic E-state index is 13.2. The number of fused-ring (bicyclic) bond motifs is 1. The maximum absolute atomic E-state index is 13.2. The van der Waals surface area contributed by atoms with Crippen LogP contribution >= 0.6 is 0 Å². The van der Waals surface area contributed by atoms with E-state index in [9.17, 15) is 31.5 Å². The number of nitrogens with two attached hydrogens (primary N) is 1. The summed E-state index contributed by atoms with van der Waals surface area (Å²) in [6, 6.07) is 0.900. The quantitative estimate of drug-likeness (QED) is 0.340. The van der Waals surface area contributed by atoms with Gasteiger partial charge in [-0.25, -0.2) is 4.98 Å². The van der Waals surface area contributed by atoms with Crippen LogP contribution in [-0.4, -0.2) is 55.6 Å². The van der Waals surface area contributed by atoms with E-state index in [-0.39, 0.29) is 30.0 Å². The number of alkyl halides is 5. The van der Waals surface area contributed by atoms with E-state index in [1.807, 2.05) is 0 Å². The molecule has 192 valence electrons. The second-order valence-electron chi connectivity index (χ2n) is 8.07. The number of pyridine rings is 2. The number of aromatic nitrogens is 4. The first kappa shape index (κ1) is 25.2. The number of H-pyrrole nitrogens is 1. The summed E-state index contributed by atoms with van der Waals surface area (Å²) in [6.45, 7) is -3.52. The van der Waals surface area contributed by atoms with Crippen molar-refractivity contribution in [1.82, 2.24) is 25.1 Å². The van der Waals surface area contributed by atoms with Crippen LogP contribution in [0.3, 0.4) is 0 Å². The number of amides is 2. The van der Waals surface area contributed by atoms with Crippen molar-refractivity contribution in [3.63, 3.8) is 0 Å². The number of hydrogen-bond donors (Lipinski definition) is 3. The highest BCUT2D eigenvalue weighted by atomic mass is 19.4. The smallest absolute Gasteiger partial charge is 0.383 e. The van der Waals surface area contributed by atoms with Gasteiger partial charge in [0.25, 0.3) is 0 Å². The molecule has 3 aromatic heterocycles. The van der Waals surface area contributed by atoms with Crippen LogP contribution in [0.2, 0.25) is 0 Å². The largest absolute Gasteiger partial charge is 0.417 e. The molecule has 1 fully saturated rings. The Kier molecular flexibility index (Phi) is 7.01. The van der Waals surface area contributed by atoms with Crippen LogP contribution in [0.5, 0.6) is 0 Å². The number of nitrogens with one attached hydrogen (secondary N) is 2. The van der Waals surface area contributed by atoms with Gasteiger partial charge in [-0.1, -0.05) is 0 Å². The Morgan fingerprint density at radius 1 is 1.19 bits per heavy atom. The van der Waals surface area contributed by atoms with Gasteiger partial charge in [0.2, 0.25) is 0 Å². The Hall–Kier alpha value is -3.88. The number of rotatable bonds is 6. The van der Waals surface area contributed by atoms with E-state index < -0.39 is 48.9 Å². The highest BCUT2D eigenvalue weighted by Crippen LogP contribution is 2.31. The monoisotopic (exact) mass is 513 g/mol. The fourth-order valence-electron chi connectivity index (χ4n) is 4.11. The molecule has 1 aliphatic rings. The van der Waals surface area contributed by atoms with Crippen LogP contribution in [0.25, 0.3) is 10.9 Å². The number of nitrogens with zero attached hydrogens (tertiary/aromatic N) is 4. The Morgan fingerprint density at radius 3 is 2.64 bits per heavy atom. The van der Waals surface area contributed by atoms with Gasteiger partial charge >= 0.3 is 24.6 Å². The minimum absolute atomic E-state index is 0.0250. The summed E-state index contributed by atoms with van der Waals surface area (Å²) in [7, 11) is 0. The van der Waals surface area contributed by atoms with Crippen molar-refractivity contribution in [2.75, 3.05) is 11.1 Å². The van der Waals surface area contributed by atoms with Crippen LogP contribution in [-0.2, 0) is 27.0 Å². The van der Waals surface area contributed by atoms with E-state index in [4.69, 9.17) is 5.73 Å². The average Bonchev–Trinajstić information content (AvgIpc) is 3.49. The van der Waals surface area contributed by atoms with Crippen molar-refractivity contribution in [1.29, 1.82) is 0 Å². The third-order valence-corrected chi connectivity index (χ3v) is 5.80. The van der Waals surface area contributed by atoms with E-state index >= 15 is 0 Å². The first-order chi connectivity index (χ1) is 17.0. The normalized spacial score (nSPS) is 18.1. The zero-order valence-electron chi connectivity index (χ0n) is 18.4. The van der Waals surface area contributed by atoms with Crippen molar-refractivity contribution >= 4 is 34.2 Å². The van der Waals surface area contributed by atoms with E-state index in [1.165, 1.54) is 12.4 Å². The Balaban J connectivity index is 1.60. The molecule has 36 heavy (non-hydrogen) atoms. The van der Waals surface area contributed by atoms with Crippen molar-refractivity contribution in [3.05, 3.63) is 42.0 Å². The predicted octanol–water partition coefficient (Wildman–Crippen LogP) is 3.08. The number of hydrogen-bond acceptors (Lipinski definition) is 7. The molecule has 0 saturated heterocycles. The summed E-state index contributed by atoms with van der Waals surface area (Å²) < 4.78 is 69.2. The van der Waals surface area contributed by atoms with Gasteiger partial charge in [0.05, 0.1) is 58.9 Å². The molecule has 0 aromatic carbocycles. The molecule has 0 unspecified atom stereocenters. The van der Waals surface area contributed by atoms with Crippen molar-refractivity contribution in [2.24, 2.45) is 0 Å². The van der Waals surface area contributed by atoms with Gasteiger partial charge in [-0.2, -0.15) is 27.1 Å². The first-order valence-electron chi connectivity index (χ1n) is 10.7.